The summed E-state index contributed by atoms with van der Waals surface area (Å²) in [7, 11) is 0. The fraction of sp³-hybridized carbons (Fsp3) is 0.714. The Balaban J connectivity index is 3.24. The van der Waals surface area contributed by atoms with E-state index in [1.54, 1.807) is 0 Å². The zero-order valence-corrected chi connectivity index (χ0v) is 15.8. The van der Waals surface area contributed by atoms with Crippen molar-refractivity contribution in [3.05, 3.63) is 0 Å². The Labute approximate surface area is 151 Å². The second-order valence-electron chi connectivity index (χ2n) is 5.27. The van der Waals surface area contributed by atoms with E-state index in [4.69, 9.17) is 23.7 Å². The second-order valence-corrected chi connectivity index (χ2v) is 6.49. The average Bonchev–Trinajstić information content (AvgIpc) is 2.42. The molecule has 0 aliphatic carbocycles. The van der Waals surface area contributed by atoms with E-state index in [0.29, 0.717) is 0 Å². The van der Waals surface area contributed by atoms with Crippen LogP contribution in [0, 0.1) is 0 Å². The molecular weight excluding hydrogens is 407 g/mol. The molecule has 0 aromatic rings. The fourth-order valence-electron chi connectivity index (χ4n) is 2.25. The Bertz CT molecular complexity index is 546. The first-order valence-corrected chi connectivity index (χ1v) is 8.05. The summed E-state index contributed by atoms with van der Waals surface area (Å²) in [4.78, 5) is 45.2. The standard InChI is InChI=1S/C14H19O10Se/c1-6(15)20-5-10-11(21-7(2)16)12(22-8(3)17)13(23-9(4)18)14(19,25)24-10/h10-13,19H,5H2,1-4H3/t10-,11-,12+,13+,14-/m1/s1. The van der Waals surface area contributed by atoms with Gasteiger partial charge < -0.3 is 0 Å². The van der Waals surface area contributed by atoms with Crippen LogP contribution in [0.1, 0.15) is 27.7 Å². The summed E-state index contributed by atoms with van der Waals surface area (Å²) in [5.41, 5.74) is 0. The number of hydrogen-bond donors (Lipinski definition) is 1. The molecule has 10 nitrogen and oxygen atoms in total. The maximum absolute atomic E-state index is 11.4. The van der Waals surface area contributed by atoms with Crippen LogP contribution in [0.4, 0.5) is 0 Å². The summed E-state index contributed by atoms with van der Waals surface area (Å²) in [6.45, 7) is 4.02. The molecule has 11 heteroatoms. The van der Waals surface area contributed by atoms with E-state index in [1.807, 2.05) is 0 Å². The number of hydrogen-bond acceptors (Lipinski definition) is 10. The summed E-state index contributed by atoms with van der Waals surface area (Å²) in [5, 5.41) is 10.4. The van der Waals surface area contributed by atoms with Crippen molar-refractivity contribution in [2.45, 2.75) is 56.8 Å². The third kappa shape index (κ3) is 6.28. The van der Waals surface area contributed by atoms with Gasteiger partial charge in [0.25, 0.3) is 0 Å². The Hall–Kier alpha value is -1.68. The molecule has 1 heterocycles. The van der Waals surface area contributed by atoms with Crippen LogP contribution in [0.2, 0.25) is 0 Å². The quantitative estimate of drug-likeness (QED) is 0.316. The first-order valence-electron chi connectivity index (χ1n) is 7.19. The zero-order valence-electron chi connectivity index (χ0n) is 14.0. The van der Waals surface area contributed by atoms with Crippen molar-refractivity contribution < 1.29 is 48.0 Å². The van der Waals surface area contributed by atoms with Gasteiger partial charge in [0.15, 0.2) is 0 Å². The molecule has 0 spiro atoms. The van der Waals surface area contributed by atoms with Crippen LogP contribution < -0.4 is 0 Å². The third-order valence-electron chi connectivity index (χ3n) is 3.02. The summed E-state index contributed by atoms with van der Waals surface area (Å²) in [6, 6.07) is 0. The predicted octanol–water partition coefficient (Wildman–Crippen LogP) is -1.44. The summed E-state index contributed by atoms with van der Waals surface area (Å²) < 4.78 is 23.1. The van der Waals surface area contributed by atoms with Gasteiger partial charge in [-0.3, -0.25) is 0 Å². The Morgan fingerprint density at radius 3 is 1.84 bits per heavy atom. The number of esters is 4. The molecule has 5 atom stereocenters. The van der Waals surface area contributed by atoms with E-state index in [2.05, 4.69) is 16.0 Å². The van der Waals surface area contributed by atoms with Crippen LogP contribution in [0.3, 0.4) is 0 Å². The molecule has 1 aliphatic rings. The monoisotopic (exact) mass is 427 g/mol. The molecule has 0 aromatic carbocycles. The van der Waals surface area contributed by atoms with E-state index >= 15 is 0 Å². The molecular formula is C14H19O10Se. The molecule has 0 saturated carbocycles. The molecule has 1 N–H and O–H groups in total. The molecule has 0 aromatic heterocycles. The van der Waals surface area contributed by atoms with Crippen LogP contribution in [0.5, 0.6) is 0 Å². The van der Waals surface area contributed by atoms with E-state index in [1.165, 1.54) is 0 Å². The van der Waals surface area contributed by atoms with Gasteiger partial charge >= 0.3 is 151 Å². The molecule has 1 radical (unpaired) electrons. The summed E-state index contributed by atoms with van der Waals surface area (Å²) in [5.74, 6) is -2.95. The molecule has 1 aliphatic heterocycles. The van der Waals surface area contributed by atoms with Crippen molar-refractivity contribution in [3.63, 3.8) is 0 Å². The third-order valence-corrected chi connectivity index (χ3v) is 3.71. The predicted molar refractivity (Wildman–Crippen MR) is 78.9 cm³/mol. The van der Waals surface area contributed by atoms with Gasteiger partial charge in [0, 0.05) is 0 Å². The topological polar surface area (TPSA) is 135 Å². The van der Waals surface area contributed by atoms with Crippen molar-refractivity contribution in [2.24, 2.45) is 0 Å². The maximum atomic E-state index is 11.4. The van der Waals surface area contributed by atoms with Crippen molar-refractivity contribution in [3.8, 4) is 0 Å². The van der Waals surface area contributed by atoms with E-state index in [-0.39, 0.29) is 0 Å². The minimum atomic E-state index is -2.22. The molecule has 1 rings (SSSR count). The summed E-state index contributed by atoms with van der Waals surface area (Å²) >= 11 is 2.29. The number of rotatable bonds is 5. The van der Waals surface area contributed by atoms with Crippen LogP contribution in [0.15, 0.2) is 0 Å². The zero-order chi connectivity index (χ0) is 19.4. The molecule has 25 heavy (non-hydrogen) atoms. The Morgan fingerprint density at radius 1 is 0.920 bits per heavy atom. The second kappa shape index (κ2) is 8.61. The minimum absolute atomic E-state index is 0.401. The molecule has 0 bridgehead atoms. The number of ether oxygens (including phenoxy) is 5. The first-order chi connectivity index (χ1) is 11.4. The number of aliphatic hydroxyl groups is 1. The van der Waals surface area contributed by atoms with Gasteiger partial charge in [-0.05, 0) is 0 Å². The fourth-order valence-corrected chi connectivity index (χ4v) is 2.89. The van der Waals surface area contributed by atoms with Crippen molar-refractivity contribution in [2.75, 3.05) is 6.61 Å². The van der Waals surface area contributed by atoms with Crippen molar-refractivity contribution in [1.82, 2.24) is 0 Å². The normalized spacial score (nSPS) is 31.6. The van der Waals surface area contributed by atoms with Gasteiger partial charge in [0.2, 0.25) is 0 Å². The van der Waals surface area contributed by atoms with Crippen molar-refractivity contribution >= 4 is 39.9 Å². The molecule has 1 saturated heterocycles. The van der Waals surface area contributed by atoms with Crippen LogP contribution in [-0.4, -0.2) is 80.7 Å². The van der Waals surface area contributed by atoms with Gasteiger partial charge in [-0.25, -0.2) is 0 Å². The van der Waals surface area contributed by atoms with Crippen molar-refractivity contribution in [1.29, 1.82) is 0 Å². The Morgan fingerprint density at radius 2 is 1.40 bits per heavy atom. The molecule has 0 unspecified atom stereocenters. The first kappa shape index (κ1) is 21.4. The van der Waals surface area contributed by atoms with E-state index < -0.39 is 59.6 Å². The van der Waals surface area contributed by atoms with E-state index in [0.717, 1.165) is 27.7 Å². The molecule has 1 fully saturated rings. The van der Waals surface area contributed by atoms with Gasteiger partial charge in [-0.15, -0.1) is 0 Å². The average molecular weight is 426 g/mol. The molecule has 0 amide bonds. The van der Waals surface area contributed by atoms with Gasteiger partial charge in [-0.1, -0.05) is 0 Å². The van der Waals surface area contributed by atoms with Gasteiger partial charge in [-0.2, -0.15) is 0 Å². The van der Waals surface area contributed by atoms with Crippen LogP contribution >= 0.6 is 0 Å². The van der Waals surface area contributed by atoms with Gasteiger partial charge in [0.05, 0.1) is 0 Å². The van der Waals surface area contributed by atoms with Crippen LogP contribution in [-0.2, 0) is 42.9 Å². The van der Waals surface area contributed by atoms with Gasteiger partial charge in [0.1, 0.15) is 0 Å². The van der Waals surface area contributed by atoms with Crippen LogP contribution in [0.25, 0.3) is 0 Å². The summed E-state index contributed by atoms with van der Waals surface area (Å²) in [6.07, 6.45) is -5.40. The Kier molecular flexibility index (Phi) is 7.36. The number of carbonyl (C=O) groups excluding carboxylic acids is 4. The SMILES string of the molecule is CC(=O)OC[C@H]1O[C@@](O)([Se])[C@@H](OC(C)=O)[C@@H](OC(C)=O)[C@@H]1OC(C)=O. The van der Waals surface area contributed by atoms with E-state index in [9.17, 15) is 24.3 Å². The molecule has 141 valence electrons. The number of carbonyl (C=O) groups is 4.